The van der Waals surface area contributed by atoms with Crippen LogP contribution in [0.4, 0.5) is 5.69 Å². The molecule has 0 bridgehead atoms. The zero-order valence-electron chi connectivity index (χ0n) is 10.0. The third-order valence-electron chi connectivity index (χ3n) is 2.76. The summed E-state index contributed by atoms with van der Waals surface area (Å²) in [4.78, 5) is 11.3. The van der Waals surface area contributed by atoms with Crippen molar-refractivity contribution in [3.63, 3.8) is 0 Å². The number of aromatic amines is 1. The van der Waals surface area contributed by atoms with Crippen LogP contribution in [0, 0.1) is 0 Å². The fraction of sp³-hybridized carbons (Fsp3) is 0.231. The molecule has 2 rings (SSSR count). The van der Waals surface area contributed by atoms with Crippen LogP contribution in [0.1, 0.15) is 18.1 Å². The number of aryl methyl sites for hydroxylation is 1. The number of H-pyrrole nitrogens is 1. The monoisotopic (exact) mass is 263 g/mol. The lowest BCUT2D eigenvalue weighted by Gasteiger charge is -2.10. The molecule has 0 atom stereocenters. The van der Waals surface area contributed by atoms with Gasteiger partial charge in [0.25, 0.3) is 5.56 Å². The highest BCUT2D eigenvalue weighted by atomic mass is 35.5. The van der Waals surface area contributed by atoms with Gasteiger partial charge < -0.3 is 5.32 Å². The Morgan fingerprint density at radius 1 is 1.33 bits per heavy atom. The number of rotatable bonds is 4. The van der Waals surface area contributed by atoms with Crippen molar-refractivity contribution in [3.8, 4) is 0 Å². The molecule has 0 radical (unpaired) electrons. The first-order chi connectivity index (χ1) is 8.72. The molecule has 4 nitrogen and oxygen atoms in total. The van der Waals surface area contributed by atoms with Gasteiger partial charge in [0.2, 0.25) is 0 Å². The molecule has 0 saturated heterocycles. The summed E-state index contributed by atoms with van der Waals surface area (Å²) >= 11 is 5.89. The van der Waals surface area contributed by atoms with Gasteiger partial charge >= 0.3 is 0 Å². The van der Waals surface area contributed by atoms with Gasteiger partial charge in [0, 0.05) is 6.54 Å². The van der Waals surface area contributed by atoms with E-state index in [0.29, 0.717) is 12.2 Å². The SMILES string of the molecule is CCc1ccccc1CNc1cn[nH]c(=O)c1Cl. The Bertz CT molecular complexity index is 595. The molecule has 1 heterocycles. The number of benzene rings is 1. The summed E-state index contributed by atoms with van der Waals surface area (Å²) in [6.07, 6.45) is 2.48. The van der Waals surface area contributed by atoms with E-state index < -0.39 is 0 Å². The molecule has 2 N–H and O–H groups in total. The normalized spacial score (nSPS) is 10.3. The van der Waals surface area contributed by atoms with Crippen LogP contribution in [0.15, 0.2) is 35.3 Å². The maximum Gasteiger partial charge on any atom is 0.285 e. The molecule has 0 amide bonds. The molecule has 1 aromatic heterocycles. The van der Waals surface area contributed by atoms with E-state index in [1.54, 1.807) is 0 Å². The summed E-state index contributed by atoms with van der Waals surface area (Å²) in [5.74, 6) is 0. The third-order valence-corrected chi connectivity index (χ3v) is 3.14. The van der Waals surface area contributed by atoms with Gasteiger partial charge in [-0.25, -0.2) is 5.10 Å². The largest absolute Gasteiger partial charge is 0.378 e. The van der Waals surface area contributed by atoms with Crippen molar-refractivity contribution in [2.45, 2.75) is 19.9 Å². The first kappa shape index (κ1) is 12.6. The van der Waals surface area contributed by atoms with Crippen LogP contribution in [-0.4, -0.2) is 10.2 Å². The molecule has 0 aliphatic heterocycles. The number of halogens is 1. The van der Waals surface area contributed by atoms with Gasteiger partial charge in [-0.3, -0.25) is 4.79 Å². The van der Waals surface area contributed by atoms with Gasteiger partial charge in [0.1, 0.15) is 5.02 Å². The fourth-order valence-corrected chi connectivity index (χ4v) is 1.93. The van der Waals surface area contributed by atoms with Gasteiger partial charge in [0.15, 0.2) is 0 Å². The second kappa shape index (κ2) is 5.69. The summed E-state index contributed by atoms with van der Waals surface area (Å²) in [6.45, 7) is 2.73. The van der Waals surface area contributed by atoms with Crippen LogP contribution >= 0.6 is 11.6 Å². The van der Waals surface area contributed by atoms with Crippen LogP contribution in [0.25, 0.3) is 0 Å². The van der Waals surface area contributed by atoms with Crippen LogP contribution in [0.5, 0.6) is 0 Å². The number of hydrogen-bond donors (Lipinski definition) is 2. The first-order valence-corrected chi connectivity index (χ1v) is 6.14. The van der Waals surface area contributed by atoms with Gasteiger partial charge in [-0.1, -0.05) is 42.8 Å². The molecule has 0 saturated carbocycles. The molecule has 2 aromatic rings. The zero-order chi connectivity index (χ0) is 13.0. The van der Waals surface area contributed by atoms with Crippen molar-refractivity contribution < 1.29 is 0 Å². The van der Waals surface area contributed by atoms with Crippen molar-refractivity contribution in [3.05, 3.63) is 57.0 Å². The standard InChI is InChI=1S/C13H14ClN3O/c1-2-9-5-3-4-6-10(9)7-15-11-8-16-17-13(18)12(11)14/h3-6,8H,2,7H2,1H3,(H2,15,17,18). The molecule has 0 unspecified atom stereocenters. The van der Waals surface area contributed by atoms with Gasteiger partial charge in [-0.2, -0.15) is 5.10 Å². The number of anilines is 1. The highest BCUT2D eigenvalue weighted by Gasteiger charge is 2.05. The third kappa shape index (κ3) is 2.71. The zero-order valence-corrected chi connectivity index (χ0v) is 10.8. The van der Waals surface area contributed by atoms with Crippen molar-refractivity contribution in [2.24, 2.45) is 0 Å². The number of aromatic nitrogens is 2. The molecular weight excluding hydrogens is 250 g/mol. The van der Waals surface area contributed by atoms with E-state index >= 15 is 0 Å². The second-order valence-corrected chi connectivity index (χ2v) is 4.28. The molecule has 1 aromatic carbocycles. The summed E-state index contributed by atoms with van der Waals surface area (Å²) in [5, 5.41) is 9.27. The summed E-state index contributed by atoms with van der Waals surface area (Å²) < 4.78 is 0. The number of nitrogens with one attached hydrogen (secondary N) is 2. The Balaban J connectivity index is 2.16. The number of hydrogen-bond acceptors (Lipinski definition) is 3. The molecule has 94 valence electrons. The van der Waals surface area contributed by atoms with Crippen LogP contribution in [-0.2, 0) is 13.0 Å². The maximum absolute atomic E-state index is 11.3. The van der Waals surface area contributed by atoms with Gasteiger partial charge in [-0.05, 0) is 17.5 Å². The summed E-state index contributed by atoms with van der Waals surface area (Å²) in [6, 6.07) is 8.16. The summed E-state index contributed by atoms with van der Waals surface area (Å²) in [7, 11) is 0. The molecular formula is C13H14ClN3O. The molecule has 18 heavy (non-hydrogen) atoms. The highest BCUT2D eigenvalue weighted by molar-refractivity contribution is 6.32. The predicted molar refractivity (Wildman–Crippen MR) is 73.0 cm³/mol. The lowest BCUT2D eigenvalue weighted by molar-refractivity contribution is 0.977. The average Bonchev–Trinajstić information content (AvgIpc) is 2.41. The van der Waals surface area contributed by atoms with E-state index in [-0.39, 0.29) is 10.6 Å². The van der Waals surface area contributed by atoms with Crippen LogP contribution in [0.3, 0.4) is 0 Å². The van der Waals surface area contributed by atoms with E-state index in [9.17, 15) is 4.79 Å². The number of nitrogens with zero attached hydrogens (tertiary/aromatic N) is 1. The fourth-order valence-electron chi connectivity index (χ4n) is 1.77. The minimum atomic E-state index is -0.384. The molecule has 0 aliphatic carbocycles. The van der Waals surface area contributed by atoms with E-state index in [2.05, 4.69) is 34.6 Å². The highest BCUT2D eigenvalue weighted by Crippen LogP contribution is 2.17. The molecule has 5 heteroatoms. The summed E-state index contributed by atoms with van der Waals surface area (Å²) in [5.41, 5.74) is 2.63. The van der Waals surface area contributed by atoms with E-state index in [1.807, 2.05) is 12.1 Å². The van der Waals surface area contributed by atoms with Crippen LogP contribution < -0.4 is 10.9 Å². The lowest BCUT2D eigenvalue weighted by atomic mass is 10.1. The van der Waals surface area contributed by atoms with Crippen molar-refractivity contribution in [1.82, 2.24) is 10.2 Å². The lowest BCUT2D eigenvalue weighted by Crippen LogP contribution is -2.12. The van der Waals surface area contributed by atoms with Gasteiger partial charge in [-0.15, -0.1) is 0 Å². The van der Waals surface area contributed by atoms with Crippen molar-refractivity contribution in [1.29, 1.82) is 0 Å². The Kier molecular flexibility index (Phi) is 3.99. The average molecular weight is 264 g/mol. The van der Waals surface area contributed by atoms with E-state index in [0.717, 1.165) is 6.42 Å². The minimum absolute atomic E-state index is 0.138. The smallest absolute Gasteiger partial charge is 0.285 e. The quantitative estimate of drug-likeness (QED) is 0.891. The van der Waals surface area contributed by atoms with Crippen molar-refractivity contribution >= 4 is 17.3 Å². The maximum atomic E-state index is 11.3. The Labute approximate surface area is 110 Å². The molecule has 0 spiro atoms. The second-order valence-electron chi connectivity index (χ2n) is 3.90. The Hall–Kier alpha value is -1.81. The minimum Gasteiger partial charge on any atom is -0.378 e. The first-order valence-electron chi connectivity index (χ1n) is 5.76. The molecule has 0 aliphatic rings. The van der Waals surface area contributed by atoms with E-state index in [1.165, 1.54) is 17.3 Å². The predicted octanol–water partition coefficient (Wildman–Crippen LogP) is 2.60. The topological polar surface area (TPSA) is 57.8 Å². The van der Waals surface area contributed by atoms with Crippen molar-refractivity contribution in [2.75, 3.05) is 5.32 Å². The van der Waals surface area contributed by atoms with E-state index in [4.69, 9.17) is 11.6 Å². The van der Waals surface area contributed by atoms with Crippen LogP contribution in [0.2, 0.25) is 5.02 Å². The molecule has 0 fully saturated rings. The Morgan fingerprint density at radius 3 is 2.78 bits per heavy atom. The van der Waals surface area contributed by atoms with Gasteiger partial charge in [0.05, 0.1) is 11.9 Å². The Morgan fingerprint density at radius 2 is 2.06 bits per heavy atom.